The second-order valence-corrected chi connectivity index (χ2v) is 4.94. The van der Waals surface area contributed by atoms with Crippen molar-refractivity contribution in [2.45, 2.75) is 12.8 Å². The molecule has 0 fully saturated rings. The van der Waals surface area contributed by atoms with Crippen LogP contribution in [0.25, 0.3) is 0 Å². The van der Waals surface area contributed by atoms with Crippen LogP contribution in [0.3, 0.4) is 0 Å². The summed E-state index contributed by atoms with van der Waals surface area (Å²) >= 11 is 4.75. The van der Waals surface area contributed by atoms with Crippen molar-refractivity contribution in [1.29, 1.82) is 0 Å². The van der Waals surface area contributed by atoms with Crippen molar-refractivity contribution < 1.29 is 4.39 Å². The highest BCUT2D eigenvalue weighted by Gasteiger charge is 2.05. The summed E-state index contributed by atoms with van der Waals surface area (Å²) in [6.07, 6.45) is 2.17. The van der Waals surface area contributed by atoms with Crippen molar-refractivity contribution in [2.24, 2.45) is 5.73 Å². The van der Waals surface area contributed by atoms with Crippen LogP contribution in [0.4, 0.5) is 10.1 Å². The van der Waals surface area contributed by atoms with Gasteiger partial charge in [-0.1, -0.05) is 12.2 Å². The Labute approximate surface area is 113 Å². The number of anilines is 1. The Bertz CT molecular complexity index is 407. The fraction of sp³-hybridized carbons (Fsp3) is 0.462. The first-order chi connectivity index (χ1) is 8.50. The lowest BCUT2D eigenvalue weighted by Crippen LogP contribution is -2.14. The Hall–Kier alpha value is -1.20. The molecule has 1 rings (SSSR count). The minimum atomic E-state index is -0.374. The number of benzene rings is 1. The van der Waals surface area contributed by atoms with E-state index in [1.54, 1.807) is 12.1 Å². The topological polar surface area (TPSA) is 41.3 Å². The molecule has 3 nitrogen and oxygen atoms in total. The van der Waals surface area contributed by atoms with Crippen molar-refractivity contribution in [3.05, 3.63) is 29.6 Å². The molecule has 0 bridgehead atoms. The first kappa shape index (κ1) is 14.9. The predicted octanol–water partition coefficient (Wildman–Crippen LogP) is 2.21. The standard InChI is InChI=1S/C13H20FN3S/c1-17(2)8-4-3-7-16-10-5-6-11(13(15)18)12(14)9-10/h5-6,9,16H,3-4,7-8H2,1-2H3,(H2,15,18). The van der Waals surface area contributed by atoms with Crippen LogP contribution in [0.15, 0.2) is 18.2 Å². The van der Waals surface area contributed by atoms with E-state index in [-0.39, 0.29) is 10.8 Å². The normalized spacial score (nSPS) is 10.7. The van der Waals surface area contributed by atoms with Crippen LogP contribution in [0.2, 0.25) is 0 Å². The van der Waals surface area contributed by atoms with E-state index in [0.717, 1.165) is 31.6 Å². The molecular formula is C13H20FN3S. The summed E-state index contributed by atoms with van der Waals surface area (Å²) in [4.78, 5) is 2.24. The first-order valence-corrected chi connectivity index (χ1v) is 6.39. The highest BCUT2D eigenvalue weighted by atomic mass is 32.1. The maximum absolute atomic E-state index is 13.6. The molecule has 0 saturated carbocycles. The molecule has 0 aromatic heterocycles. The average molecular weight is 269 g/mol. The van der Waals surface area contributed by atoms with E-state index in [4.69, 9.17) is 18.0 Å². The summed E-state index contributed by atoms with van der Waals surface area (Å²) < 4.78 is 13.6. The molecule has 0 radical (unpaired) electrons. The van der Waals surface area contributed by atoms with Gasteiger partial charge in [0.05, 0.1) is 0 Å². The van der Waals surface area contributed by atoms with Crippen molar-refractivity contribution in [2.75, 3.05) is 32.5 Å². The number of nitrogens with one attached hydrogen (secondary N) is 1. The SMILES string of the molecule is CN(C)CCCCNc1ccc(C(N)=S)c(F)c1. The maximum atomic E-state index is 13.6. The lowest BCUT2D eigenvalue weighted by atomic mass is 10.2. The molecule has 0 aliphatic rings. The number of nitrogens with zero attached hydrogens (tertiary/aromatic N) is 1. The second-order valence-electron chi connectivity index (χ2n) is 4.50. The summed E-state index contributed by atoms with van der Waals surface area (Å²) in [5.74, 6) is -0.374. The molecule has 0 unspecified atom stereocenters. The van der Waals surface area contributed by atoms with Gasteiger partial charge >= 0.3 is 0 Å². The molecule has 3 N–H and O–H groups in total. The molecule has 0 saturated heterocycles. The van der Waals surface area contributed by atoms with Gasteiger partial charge in [0.15, 0.2) is 0 Å². The van der Waals surface area contributed by atoms with Crippen molar-refractivity contribution >= 4 is 22.9 Å². The number of halogens is 1. The van der Waals surface area contributed by atoms with Crippen LogP contribution in [0, 0.1) is 5.82 Å². The molecule has 100 valence electrons. The van der Waals surface area contributed by atoms with Crippen molar-refractivity contribution in [3.63, 3.8) is 0 Å². The van der Waals surface area contributed by atoms with Gasteiger partial charge in [0.25, 0.3) is 0 Å². The zero-order valence-corrected chi connectivity index (χ0v) is 11.7. The second kappa shape index (κ2) is 7.28. The van der Waals surface area contributed by atoms with Gasteiger partial charge in [-0.15, -0.1) is 0 Å². The van der Waals surface area contributed by atoms with Crippen LogP contribution in [0.1, 0.15) is 18.4 Å². The summed E-state index contributed by atoms with van der Waals surface area (Å²) in [6, 6.07) is 4.84. The fourth-order valence-electron chi connectivity index (χ4n) is 1.61. The van der Waals surface area contributed by atoms with Crippen LogP contribution in [0.5, 0.6) is 0 Å². The van der Waals surface area contributed by atoms with Crippen LogP contribution in [-0.2, 0) is 0 Å². The van der Waals surface area contributed by atoms with Gasteiger partial charge in [-0.2, -0.15) is 0 Å². The molecule has 0 heterocycles. The number of rotatable bonds is 7. The van der Waals surface area contributed by atoms with Gasteiger partial charge in [0, 0.05) is 17.8 Å². The first-order valence-electron chi connectivity index (χ1n) is 5.98. The predicted molar refractivity (Wildman–Crippen MR) is 78.6 cm³/mol. The average Bonchev–Trinajstić information content (AvgIpc) is 2.27. The van der Waals surface area contributed by atoms with Gasteiger partial charge in [-0.3, -0.25) is 0 Å². The molecule has 0 aliphatic heterocycles. The Kier molecular flexibility index (Phi) is 6.01. The Morgan fingerprint density at radius 3 is 2.67 bits per heavy atom. The molecule has 0 aliphatic carbocycles. The number of thiocarbonyl (C=S) groups is 1. The monoisotopic (exact) mass is 269 g/mol. The largest absolute Gasteiger partial charge is 0.389 e. The van der Waals surface area contributed by atoms with Gasteiger partial charge in [-0.25, -0.2) is 4.39 Å². The molecule has 0 spiro atoms. The van der Waals surface area contributed by atoms with Gasteiger partial charge < -0.3 is 16.0 Å². The molecule has 1 aromatic carbocycles. The zero-order chi connectivity index (χ0) is 13.5. The lowest BCUT2D eigenvalue weighted by molar-refractivity contribution is 0.396. The number of unbranched alkanes of at least 4 members (excludes halogenated alkanes) is 1. The van der Waals surface area contributed by atoms with E-state index < -0.39 is 0 Å². The Balaban J connectivity index is 2.39. The van der Waals surface area contributed by atoms with Gasteiger partial charge in [-0.05, 0) is 51.7 Å². The highest BCUT2D eigenvalue weighted by Crippen LogP contribution is 2.14. The van der Waals surface area contributed by atoms with E-state index in [0.29, 0.717) is 5.56 Å². The Morgan fingerprint density at radius 1 is 1.39 bits per heavy atom. The van der Waals surface area contributed by atoms with E-state index in [2.05, 4.69) is 24.3 Å². The number of hydrogen-bond acceptors (Lipinski definition) is 3. The quantitative estimate of drug-likeness (QED) is 0.588. The summed E-state index contributed by atoms with van der Waals surface area (Å²) in [5.41, 5.74) is 6.46. The fourth-order valence-corrected chi connectivity index (χ4v) is 1.78. The maximum Gasteiger partial charge on any atom is 0.135 e. The minimum absolute atomic E-state index is 0.0880. The smallest absolute Gasteiger partial charge is 0.135 e. The van der Waals surface area contributed by atoms with Crippen LogP contribution >= 0.6 is 12.2 Å². The summed E-state index contributed by atoms with van der Waals surface area (Å²) in [5, 5.41) is 3.18. The van der Waals surface area contributed by atoms with Gasteiger partial charge in [0.2, 0.25) is 0 Å². The van der Waals surface area contributed by atoms with Crippen LogP contribution < -0.4 is 11.1 Å². The zero-order valence-electron chi connectivity index (χ0n) is 10.9. The van der Waals surface area contributed by atoms with Crippen LogP contribution in [-0.4, -0.2) is 37.1 Å². The highest BCUT2D eigenvalue weighted by molar-refractivity contribution is 7.80. The van der Waals surface area contributed by atoms with E-state index in [9.17, 15) is 4.39 Å². The third-order valence-corrected chi connectivity index (χ3v) is 2.82. The number of hydrogen-bond donors (Lipinski definition) is 2. The van der Waals surface area contributed by atoms with Crippen molar-refractivity contribution in [3.8, 4) is 0 Å². The lowest BCUT2D eigenvalue weighted by Gasteiger charge is -2.10. The Morgan fingerprint density at radius 2 is 2.11 bits per heavy atom. The third-order valence-electron chi connectivity index (χ3n) is 2.60. The number of nitrogens with two attached hydrogens (primary N) is 1. The van der Waals surface area contributed by atoms with E-state index >= 15 is 0 Å². The molecule has 1 aromatic rings. The van der Waals surface area contributed by atoms with E-state index in [1.165, 1.54) is 6.07 Å². The molecular weight excluding hydrogens is 249 g/mol. The summed E-state index contributed by atoms with van der Waals surface area (Å²) in [7, 11) is 4.11. The van der Waals surface area contributed by atoms with E-state index in [1.807, 2.05) is 0 Å². The minimum Gasteiger partial charge on any atom is -0.389 e. The van der Waals surface area contributed by atoms with Gasteiger partial charge in [0.1, 0.15) is 10.8 Å². The molecule has 0 amide bonds. The molecule has 18 heavy (non-hydrogen) atoms. The molecule has 0 atom stereocenters. The van der Waals surface area contributed by atoms with Crippen molar-refractivity contribution in [1.82, 2.24) is 4.90 Å². The third kappa shape index (κ3) is 4.98. The summed E-state index contributed by atoms with van der Waals surface area (Å²) in [6.45, 7) is 1.90. The molecule has 5 heteroatoms.